The summed E-state index contributed by atoms with van der Waals surface area (Å²) in [6, 6.07) is 3.87. The van der Waals surface area contributed by atoms with Crippen molar-refractivity contribution in [1.82, 2.24) is 4.90 Å². The number of hydrogen-bond acceptors (Lipinski definition) is 4. The van der Waals surface area contributed by atoms with Gasteiger partial charge in [-0.15, -0.1) is 0 Å². The Labute approximate surface area is 147 Å². The van der Waals surface area contributed by atoms with Gasteiger partial charge in [0.25, 0.3) is 0 Å². The Balaban J connectivity index is 1.74. The largest absolute Gasteiger partial charge is 0.496 e. The maximum absolute atomic E-state index is 12.4. The lowest BCUT2D eigenvalue weighted by Gasteiger charge is -2.30. The average Bonchev–Trinajstić information content (AvgIpc) is 2.97. The summed E-state index contributed by atoms with van der Waals surface area (Å²) in [5.74, 6) is 0.840. The van der Waals surface area contributed by atoms with Crippen molar-refractivity contribution in [1.29, 1.82) is 0 Å². The van der Waals surface area contributed by atoms with E-state index in [0.29, 0.717) is 18.8 Å². The van der Waals surface area contributed by atoms with Crippen molar-refractivity contribution in [3.8, 4) is 11.5 Å². The number of nitrogens with zero attached hydrogens (tertiary/aromatic N) is 1. The summed E-state index contributed by atoms with van der Waals surface area (Å²) in [6.07, 6.45) is 5.81. The number of carbonyl (C=O) groups is 2. The first kappa shape index (κ1) is 17.3. The van der Waals surface area contributed by atoms with Crippen LogP contribution >= 0.6 is 0 Å². The SMILES string of the molecule is COc1cc2c(cc1/C=C/C(=O)N1CCCC(C(N)=O)C1)OC(C)C2. The molecule has 134 valence electrons. The molecule has 2 N–H and O–H groups in total. The second kappa shape index (κ2) is 7.17. The van der Waals surface area contributed by atoms with Gasteiger partial charge in [-0.05, 0) is 38.0 Å². The van der Waals surface area contributed by atoms with E-state index in [2.05, 4.69) is 0 Å². The minimum Gasteiger partial charge on any atom is -0.496 e. The molecule has 2 atom stereocenters. The fourth-order valence-corrected chi connectivity index (χ4v) is 3.44. The summed E-state index contributed by atoms with van der Waals surface area (Å²) >= 11 is 0. The molecular formula is C19H24N2O4. The molecule has 0 saturated carbocycles. The van der Waals surface area contributed by atoms with Crippen molar-refractivity contribution in [2.24, 2.45) is 11.7 Å². The molecule has 1 aromatic rings. The van der Waals surface area contributed by atoms with Crippen LogP contribution in [0.15, 0.2) is 18.2 Å². The fraction of sp³-hybridized carbons (Fsp3) is 0.474. The minimum atomic E-state index is -0.340. The molecule has 1 saturated heterocycles. The number of fused-ring (bicyclic) bond motifs is 1. The van der Waals surface area contributed by atoms with Crippen molar-refractivity contribution in [3.63, 3.8) is 0 Å². The van der Waals surface area contributed by atoms with Crippen LogP contribution in [0, 0.1) is 5.92 Å². The van der Waals surface area contributed by atoms with Gasteiger partial charge < -0.3 is 20.1 Å². The van der Waals surface area contributed by atoms with Crippen LogP contribution in [0.2, 0.25) is 0 Å². The quantitative estimate of drug-likeness (QED) is 0.844. The van der Waals surface area contributed by atoms with Gasteiger partial charge in [0.1, 0.15) is 17.6 Å². The molecule has 1 aromatic carbocycles. The van der Waals surface area contributed by atoms with Gasteiger partial charge in [0, 0.05) is 36.7 Å². The maximum atomic E-state index is 12.4. The number of methoxy groups -OCH3 is 1. The number of benzene rings is 1. The smallest absolute Gasteiger partial charge is 0.246 e. The normalized spacial score (nSPS) is 22.6. The summed E-state index contributed by atoms with van der Waals surface area (Å²) < 4.78 is 11.2. The topological polar surface area (TPSA) is 81.9 Å². The Hall–Kier alpha value is -2.50. The molecule has 2 unspecified atom stereocenters. The Bertz CT molecular complexity index is 714. The molecule has 6 heteroatoms. The number of hydrogen-bond donors (Lipinski definition) is 1. The van der Waals surface area contributed by atoms with Crippen LogP contribution in [0.1, 0.15) is 30.9 Å². The van der Waals surface area contributed by atoms with Gasteiger partial charge in [-0.25, -0.2) is 0 Å². The Kier molecular flexibility index (Phi) is 4.97. The lowest BCUT2D eigenvalue weighted by atomic mass is 9.97. The van der Waals surface area contributed by atoms with Gasteiger partial charge in [0.05, 0.1) is 13.0 Å². The zero-order valence-electron chi connectivity index (χ0n) is 14.7. The second-order valence-electron chi connectivity index (χ2n) is 6.69. The standard InChI is InChI=1S/C19H24N2O4/c1-12-8-15-10-16(24-2)13(9-17(15)25-12)5-6-18(22)21-7-3-4-14(11-21)19(20)23/h5-6,9-10,12,14H,3-4,7-8,11H2,1-2H3,(H2,20,23)/b6-5+. The van der Waals surface area contributed by atoms with E-state index in [1.54, 1.807) is 18.1 Å². The van der Waals surface area contributed by atoms with Crippen LogP contribution in [0.3, 0.4) is 0 Å². The molecule has 0 aromatic heterocycles. The third-order valence-corrected chi connectivity index (χ3v) is 4.79. The summed E-state index contributed by atoms with van der Waals surface area (Å²) in [4.78, 5) is 25.5. The first-order valence-corrected chi connectivity index (χ1v) is 8.61. The van der Waals surface area contributed by atoms with E-state index < -0.39 is 0 Å². The van der Waals surface area contributed by atoms with Crippen LogP contribution < -0.4 is 15.2 Å². The number of ether oxygens (including phenoxy) is 2. The molecule has 0 radical (unpaired) electrons. The average molecular weight is 344 g/mol. The lowest BCUT2D eigenvalue weighted by molar-refractivity contribution is -0.130. The van der Waals surface area contributed by atoms with E-state index in [9.17, 15) is 9.59 Å². The van der Waals surface area contributed by atoms with Crippen molar-refractivity contribution >= 4 is 17.9 Å². The molecule has 2 aliphatic heterocycles. The van der Waals surface area contributed by atoms with E-state index in [0.717, 1.165) is 36.1 Å². The summed E-state index contributed by atoms with van der Waals surface area (Å²) in [7, 11) is 1.61. The van der Waals surface area contributed by atoms with E-state index in [4.69, 9.17) is 15.2 Å². The number of carbonyl (C=O) groups excluding carboxylic acids is 2. The van der Waals surface area contributed by atoms with Crippen LogP contribution in [0.25, 0.3) is 6.08 Å². The Morgan fingerprint density at radius 2 is 2.20 bits per heavy atom. The van der Waals surface area contributed by atoms with Crippen LogP contribution in [0.5, 0.6) is 11.5 Å². The molecule has 2 aliphatic rings. The first-order chi connectivity index (χ1) is 12.0. The van der Waals surface area contributed by atoms with Gasteiger partial charge in [0.15, 0.2) is 0 Å². The van der Waals surface area contributed by atoms with E-state index in [1.165, 1.54) is 6.08 Å². The number of nitrogens with two attached hydrogens (primary N) is 1. The van der Waals surface area contributed by atoms with Gasteiger partial charge in [-0.2, -0.15) is 0 Å². The van der Waals surface area contributed by atoms with Gasteiger partial charge >= 0.3 is 0 Å². The van der Waals surface area contributed by atoms with Gasteiger partial charge in [0.2, 0.25) is 11.8 Å². The fourth-order valence-electron chi connectivity index (χ4n) is 3.44. The molecule has 0 aliphatic carbocycles. The number of piperidine rings is 1. The minimum absolute atomic E-state index is 0.122. The van der Waals surface area contributed by atoms with Crippen molar-refractivity contribution in [3.05, 3.63) is 29.3 Å². The predicted molar refractivity (Wildman–Crippen MR) is 94.3 cm³/mol. The van der Waals surface area contributed by atoms with Gasteiger partial charge in [-0.3, -0.25) is 9.59 Å². The van der Waals surface area contributed by atoms with Crippen molar-refractivity contribution in [2.45, 2.75) is 32.3 Å². The zero-order valence-corrected chi connectivity index (χ0v) is 14.7. The maximum Gasteiger partial charge on any atom is 0.246 e. The lowest BCUT2D eigenvalue weighted by Crippen LogP contribution is -2.43. The monoisotopic (exact) mass is 344 g/mol. The summed E-state index contributed by atoms with van der Waals surface area (Å²) in [6.45, 7) is 3.06. The number of primary amides is 1. The Morgan fingerprint density at radius 3 is 2.92 bits per heavy atom. The molecule has 2 amide bonds. The third kappa shape index (κ3) is 3.78. The molecule has 6 nitrogen and oxygen atoms in total. The number of amides is 2. The third-order valence-electron chi connectivity index (χ3n) is 4.79. The second-order valence-corrected chi connectivity index (χ2v) is 6.69. The highest BCUT2D eigenvalue weighted by Crippen LogP contribution is 2.35. The van der Waals surface area contributed by atoms with Crippen molar-refractivity contribution in [2.75, 3.05) is 20.2 Å². The molecule has 0 bridgehead atoms. The highest BCUT2D eigenvalue weighted by molar-refractivity contribution is 5.92. The molecule has 2 heterocycles. The summed E-state index contributed by atoms with van der Waals surface area (Å²) in [5, 5.41) is 0. The first-order valence-electron chi connectivity index (χ1n) is 8.61. The number of rotatable bonds is 4. The molecule has 3 rings (SSSR count). The molecule has 0 spiro atoms. The number of likely N-dealkylation sites (tertiary alicyclic amines) is 1. The molecular weight excluding hydrogens is 320 g/mol. The van der Waals surface area contributed by atoms with Crippen molar-refractivity contribution < 1.29 is 19.1 Å². The van der Waals surface area contributed by atoms with E-state index >= 15 is 0 Å². The van der Waals surface area contributed by atoms with Gasteiger partial charge in [-0.1, -0.05) is 0 Å². The highest BCUT2D eigenvalue weighted by atomic mass is 16.5. The Morgan fingerprint density at radius 1 is 1.40 bits per heavy atom. The zero-order chi connectivity index (χ0) is 18.0. The summed E-state index contributed by atoms with van der Waals surface area (Å²) in [5.41, 5.74) is 7.29. The molecule has 25 heavy (non-hydrogen) atoms. The van der Waals surface area contributed by atoms with Crippen LogP contribution in [0.4, 0.5) is 0 Å². The molecule has 1 fully saturated rings. The van der Waals surface area contributed by atoms with Crippen LogP contribution in [-0.2, 0) is 16.0 Å². The predicted octanol–water partition coefficient (Wildman–Crippen LogP) is 1.76. The van der Waals surface area contributed by atoms with Crippen LogP contribution in [-0.4, -0.2) is 43.0 Å². The van der Waals surface area contributed by atoms with E-state index in [-0.39, 0.29) is 23.8 Å². The van der Waals surface area contributed by atoms with E-state index in [1.807, 2.05) is 19.1 Å². The highest BCUT2D eigenvalue weighted by Gasteiger charge is 2.26.